The molecule has 4 rings (SSSR count). The number of carbonyl (C=O) groups excluding carboxylic acids is 2. The van der Waals surface area contributed by atoms with Crippen LogP contribution in [0.15, 0.2) is 71.6 Å². The zero-order chi connectivity index (χ0) is 31.3. The first-order valence-electron chi connectivity index (χ1n) is 13.9. The molecule has 0 bridgehead atoms. The fourth-order valence-electron chi connectivity index (χ4n) is 4.75. The molecule has 0 saturated heterocycles. The highest BCUT2D eigenvalue weighted by molar-refractivity contribution is 7.92. The molecule has 3 aromatic rings. The van der Waals surface area contributed by atoms with Crippen molar-refractivity contribution in [3.05, 3.63) is 83.7 Å². The van der Waals surface area contributed by atoms with E-state index < -0.39 is 34.0 Å². The predicted molar refractivity (Wildman–Crippen MR) is 162 cm³/mol. The van der Waals surface area contributed by atoms with Gasteiger partial charge in [0.15, 0.2) is 0 Å². The number of nitrogens with one attached hydrogen (secondary N) is 2. The van der Waals surface area contributed by atoms with Crippen LogP contribution < -0.4 is 14.8 Å². The van der Waals surface area contributed by atoms with E-state index in [2.05, 4.69) is 10.0 Å². The minimum atomic E-state index is -3.89. The molecular formula is C31H37FN4O6S. The van der Waals surface area contributed by atoms with Gasteiger partial charge in [0.1, 0.15) is 17.7 Å². The number of fused-ring (bicyclic) bond motifs is 1. The maximum absolute atomic E-state index is 13.5. The van der Waals surface area contributed by atoms with E-state index in [0.29, 0.717) is 17.0 Å². The number of hydrogen-bond donors (Lipinski definition) is 3. The number of ether oxygens (including phenoxy) is 1. The smallest absolute Gasteiger partial charge is 0.321 e. The quantitative estimate of drug-likeness (QED) is 0.349. The van der Waals surface area contributed by atoms with Gasteiger partial charge in [0.25, 0.3) is 10.0 Å². The number of rotatable bonds is 8. The Kier molecular flexibility index (Phi) is 9.92. The molecule has 3 aromatic carbocycles. The van der Waals surface area contributed by atoms with Gasteiger partial charge in [-0.2, -0.15) is 0 Å². The molecule has 1 aliphatic rings. The van der Waals surface area contributed by atoms with Crippen LogP contribution in [-0.4, -0.2) is 74.2 Å². The Bertz CT molecular complexity index is 1550. The number of nitrogens with zero attached hydrogens (tertiary/aromatic N) is 2. The van der Waals surface area contributed by atoms with E-state index in [-0.39, 0.29) is 48.5 Å². The van der Waals surface area contributed by atoms with E-state index in [1.54, 1.807) is 49.2 Å². The summed E-state index contributed by atoms with van der Waals surface area (Å²) >= 11 is 0. The third kappa shape index (κ3) is 8.02. The molecule has 0 aliphatic carbocycles. The average molecular weight is 613 g/mol. The Hall–Kier alpha value is -4.16. The van der Waals surface area contributed by atoms with Crippen molar-refractivity contribution in [2.45, 2.75) is 44.2 Å². The van der Waals surface area contributed by atoms with Crippen LogP contribution in [0.1, 0.15) is 25.0 Å². The summed E-state index contributed by atoms with van der Waals surface area (Å²) in [5.41, 5.74) is 2.08. The number of carbonyl (C=O) groups is 2. The fourth-order valence-corrected chi connectivity index (χ4v) is 5.80. The van der Waals surface area contributed by atoms with E-state index in [9.17, 15) is 27.5 Å². The van der Waals surface area contributed by atoms with Crippen LogP contribution in [0.25, 0.3) is 0 Å². The Morgan fingerprint density at radius 2 is 1.77 bits per heavy atom. The molecular weight excluding hydrogens is 575 g/mol. The maximum Gasteiger partial charge on any atom is 0.321 e. The number of benzene rings is 3. The van der Waals surface area contributed by atoms with Crippen molar-refractivity contribution in [1.82, 2.24) is 9.80 Å². The second-order valence-electron chi connectivity index (χ2n) is 10.9. The highest BCUT2D eigenvalue weighted by Crippen LogP contribution is 2.30. The summed E-state index contributed by atoms with van der Waals surface area (Å²) in [6.07, 6.45) is -0.655. The van der Waals surface area contributed by atoms with E-state index in [0.717, 1.165) is 5.56 Å². The Morgan fingerprint density at radius 3 is 2.42 bits per heavy atom. The Labute approximate surface area is 251 Å². The highest BCUT2D eigenvalue weighted by atomic mass is 32.2. The number of anilines is 2. The molecule has 3 N–H and O–H groups in total. The summed E-state index contributed by atoms with van der Waals surface area (Å²) in [6, 6.07) is 15.7. The first-order valence-corrected chi connectivity index (χ1v) is 15.4. The lowest BCUT2D eigenvalue weighted by atomic mass is 10.0. The van der Waals surface area contributed by atoms with Crippen LogP contribution in [0.5, 0.6) is 5.75 Å². The maximum atomic E-state index is 13.5. The van der Waals surface area contributed by atoms with Gasteiger partial charge < -0.3 is 25.0 Å². The van der Waals surface area contributed by atoms with Crippen molar-refractivity contribution in [3.63, 3.8) is 0 Å². The molecule has 0 saturated carbocycles. The zero-order valence-electron chi connectivity index (χ0n) is 24.6. The molecule has 10 nitrogen and oxygen atoms in total. The van der Waals surface area contributed by atoms with E-state index in [4.69, 9.17) is 4.74 Å². The molecule has 3 atom stereocenters. The van der Waals surface area contributed by atoms with E-state index in [1.807, 2.05) is 13.8 Å². The Morgan fingerprint density at radius 1 is 1.12 bits per heavy atom. The number of halogens is 1. The molecule has 0 fully saturated rings. The third-order valence-corrected chi connectivity index (χ3v) is 8.79. The molecule has 1 aliphatic heterocycles. The average Bonchev–Trinajstić information content (AvgIpc) is 3.01. The largest absolute Gasteiger partial charge is 0.488 e. The molecule has 3 amide bonds. The van der Waals surface area contributed by atoms with Gasteiger partial charge in [-0.3, -0.25) is 9.52 Å². The topological polar surface area (TPSA) is 128 Å². The van der Waals surface area contributed by atoms with Crippen LogP contribution in [-0.2, 0) is 21.2 Å². The van der Waals surface area contributed by atoms with Gasteiger partial charge in [-0.25, -0.2) is 17.6 Å². The second-order valence-corrected chi connectivity index (χ2v) is 12.6. The number of urea groups is 1. The summed E-state index contributed by atoms with van der Waals surface area (Å²) in [7, 11) is -2.28. The van der Waals surface area contributed by atoms with E-state index >= 15 is 0 Å². The monoisotopic (exact) mass is 612 g/mol. The number of aliphatic hydroxyl groups is 1. The lowest BCUT2D eigenvalue weighted by Crippen LogP contribution is -2.48. The standard InChI is InChI=1S/C31H37FN4O6S/c1-20-5-12-27(13-6-20)43(40,41)34-26-11-14-28-23(15-26)16-30(38)36(22(3)19-37)17-21(2)29(42-28)18-35(4)31(39)33-25-9-7-24(32)8-10-25/h5-15,21-22,29,34,37H,16-19H2,1-4H3,(H,33,39)/t21-,22-,29-/m0/s1. The molecule has 0 spiro atoms. The van der Waals surface area contributed by atoms with Crippen molar-refractivity contribution in [3.8, 4) is 5.75 Å². The lowest BCUT2D eigenvalue weighted by Gasteiger charge is -2.34. The number of aliphatic hydroxyl groups excluding tert-OH is 1. The fraction of sp³-hybridized carbons (Fsp3) is 0.355. The van der Waals surface area contributed by atoms with Gasteiger partial charge >= 0.3 is 6.03 Å². The third-order valence-electron chi connectivity index (χ3n) is 7.40. The van der Waals surface area contributed by atoms with E-state index in [1.165, 1.54) is 41.3 Å². The van der Waals surface area contributed by atoms with Crippen LogP contribution in [0.4, 0.5) is 20.6 Å². The minimum Gasteiger partial charge on any atom is -0.488 e. The van der Waals surface area contributed by atoms with Crippen LogP contribution in [0, 0.1) is 18.7 Å². The van der Waals surface area contributed by atoms with Crippen molar-refractivity contribution in [1.29, 1.82) is 0 Å². The first-order chi connectivity index (χ1) is 20.4. The van der Waals surface area contributed by atoms with Gasteiger partial charge in [0.2, 0.25) is 5.91 Å². The number of aryl methyl sites for hydroxylation is 1. The summed E-state index contributed by atoms with van der Waals surface area (Å²) in [5, 5.41) is 12.6. The zero-order valence-corrected chi connectivity index (χ0v) is 25.4. The Balaban J connectivity index is 1.61. The molecule has 12 heteroatoms. The number of likely N-dealkylation sites (N-methyl/N-ethyl adjacent to an activating group) is 1. The van der Waals surface area contributed by atoms with Crippen LogP contribution in [0.2, 0.25) is 0 Å². The first kappa shape index (κ1) is 31.8. The van der Waals surface area contributed by atoms with Gasteiger partial charge in [-0.05, 0) is 68.4 Å². The predicted octanol–water partition coefficient (Wildman–Crippen LogP) is 4.25. The molecule has 0 radical (unpaired) electrons. The summed E-state index contributed by atoms with van der Waals surface area (Å²) in [5.74, 6) is -0.543. The summed E-state index contributed by atoms with van der Waals surface area (Å²) < 4.78 is 48.3. The number of hydrogen-bond acceptors (Lipinski definition) is 6. The second kappa shape index (κ2) is 13.4. The van der Waals surface area contributed by atoms with Gasteiger partial charge in [0.05, 0.1) is 30.5 Å². The van der Waals surface area contributed by atoms with Crippen molar-refractivity contribution in [2.24, 2.45) is 5.92 Å². The van der Waals surface area contributed by atoms with Crippen molar-refractivity contribution in [2.75, 3.05) is 36.8 Å². The molecule has 1 heterocycles. The summed E-state index contributed by atoms with van der Waals surface area (Å²) in [6.45, 7) is 5.67. The summed E-state index contributed by atoms with van der Waals surface area (Å²) in [4.78, 5) is 29.5. The van der Waals surface area contributed by atoms with Gasteiger partial charge in [-0.1, -0.05) is 24.6 Å². The molecule has 0 aromatic heterocycles. The van der Waals surface area contributed by atoms with Crippen LogP contribution >= 0.6 is 0 Å². The number of amides is 3. The van der Waals surface area contributed by atoms with Gasteiger partial charge in [0, 0.05) is 36.4 Å². The molecule has 43 heavy (non-hydrogen) atoms. The van der Waals surface area contributed by atoms with Gasteiger partial charge in [-0.15, -0.1) is 0 Å². The lowest BCUT2D eigenvalue weighted by molar-refractivity contribution is -0.134. The van der Waals surface area contributed by atoms with Crippen LogP contribution in [0.3, 0.4) is 0 Å². The number of sulfonamides is 1. The molecule has 230 valence electrons. The van der Waals surface area contributed by atoms with Crippen molar-refractivity contribution >= 4 is 33.3 Å². The highest BCUT2D eigenvalue weighted by Gasteiger charge is 2.32. The normalized spacial score (nSPS) is 17.9. The molecule has 0 unspecified atom stereocenters. The van der Waals surface area contributed by atoms with Crippen molar-refractivity contribution < 1.29 is 32.2 Å². The minimum absolute atomic E-state index is 0.0832. The SMILES string of the molecule is Cc1ccc(S(=O)(=O)Nc2ccc3c(c2)CC(=O)N([C@@H](C)CO)C[C@H](C)[C@H](CN(C)C(=O)Nc2ccc(F)cc2)O3)cc1.